The van der Waals surface area contributed by atoms with Crippen molar-refractivity contribution < 1.29 is 67.0 Å². The van der Waals surface area contributed by atoms with Crippen LogP contribution >= 0.6 is 0 Å². The summed E-state index contributed by atoms with van der Waals surface area (Å²) >= 11 is 0. The van der Waals surface area contributed by atoms with Gasteiger partial charge in [0.15, 0.2) is 0 Å². The molecule has 11 rings (SSSR count). The Labute approximate surface area is 481 Å². The minimum absolute atomic E-state index is 0.00872. The van der Waals surface area contributed by atoms with E-state index in [0.29, 0.717) is 30.4 Å². The number of benzene rings is 1. The molecule has 1 aromatic carbocycles. The summed E-state index contributed by atoms with van der Waals surface area (Å²) in [4.78, 5) is 84.0. The molecule has 6 heterocycles. The van der Waals surface area contributed by atoms with Crippen molar-refractivity contribution in [3.05, 3.63) is 129 Å². The van der Waals surface area contributed by atoms with Gasteiger partial charge in [0.25, 0.3) is 0 Å². The number of primary amides is 1. The lowest BCUT2D eigenvalue weighted by Crippen LogP contribution is -2.70. The number of esters is 3. The molecule has 4 fully saturated rings. The van der Waals surface area contributed by atoms with Gasteiger partial charge in [0.2, 0.25) is 5.91 Å². The summed E-state index contributed by atoms with van der Waals surface area (Å²) in [5.41, 5.74) is 1.23. The van der Waals surface area contributed by atoms with Crippen molar-refractivity contribution in [2.75, 3.05) is 13.2 Å². The van der Waals surface area contributed by atoms with Crippen molar-refractivity contribution >= 4 is 23.8 Å². The molecular weight excluding hydrogens is 1070 g/mol. The van der Waals surface area contributed by atoms with E-state index in [-0.39, 0.29) is 88.1 Å². The van der Waals surface area contributed by atoms with Gasteiger partial charge in [-0.15, -0.1) is 0 Å². The summed E-state index contributed by atoms with van der Waals surface area (Å²) < 4.78 is 42.0. The van der Waals surface area contributed by atoms with Gasteiger partial charge in [-0.05, 0) is 135 Å². The van der Waals surface area contributed by atoms with Crippen molar-refractivity contribution in [1.29, 1.82) is 0 Å². The Morgan fingerprint density at radius 2 is 1.07 bits per heavy atom. The van der Waals surface area contributed by atoms with Crippen LogP contribution in [0.1, 0.15) is 152 Å². The van der Waals surface area contributed by atoms with Crippen LogP contribution in [0.4, 0.5) is 0 Å². The molecule has 0 radical (unpaired) electrons. The van der Waals surface area contributed by atoms with Crippen LogP contribution in [0.2, 0.25) is 0 Å². The van der Waals surface area contributed by atoms with E-state index in [4.69, 9.17) is 38.3 Å². The molecule has 19 nitrogen and oxygen atoms in total. The first kappa shape index (κ1) is 59.0. The van der Waals surface area contributed by atoms with Gasteiger partial charge in [-0.3, -0.25) is 24.4 Å². The minimum atomic E-state index is -1.32. The van der Waals surface area contributed by atoms with Gasteiger partial charge in [-0.2, -0.15) is 0 Å². The Balaban J connectivity index is 0.000000192. The van der Waals surface area contributed by atoms with Crippen LogP contribution in [-0.4, -0.2) is 85.7 Å². The maximum atomic E-state index is 13.7. The third-order valence-electron chi connectivity index (χ3n) is 21.0. The van der Waals surface area contributed by atoms with Gasteiger partial charge in [0, 0.05) is 90.1 Å². The fourth-order valence-electron chi connectivity index (χ4n) is 16.2. The molecule has 4 aromatic heterocycles. The third-order valence-corrected chi connectivity index (χ3v) is 21.0. The van der Waals surface area contributed by atoms with E-state index < -0.39 is 98.2 Å². The second-order valence-electron chi connectivity index (χ2n) is 25.6. The van der Waals surface area contributed by atoms with E-state index in [1.807, 2.05) is 13.8 Å². The Morgan fingerprint density at radius 3 is 1.51 bits per heavy atom. The molecule has 4 aliphatic carbocycles. The van der Waals surface area contributed by atoms with Crippen LogP contribution < -0.4 is 26.5 Å². The van der Waals surface area contributed by atoms with Gasteiger partial charge < -0.3 is 53.6 Å². The summed E-state index contributed by atoms with van der Waals surface area (Å²) in [5.74, 6) is -2.32. The molecule has 83 heavy (non-hydrogen) atoms. The fourth-order valence-corrected chi connectivity index (χ4v) is 16.2. The molecule has 0 saturated heterocycles. The molecule has 19 heteroatoms. The first-order valence-corrected chi connectivity index (χ1v) is 28.6. The van der Waals surface area contributed by atoms with E-state index >= 15 is 0 Å². The summed E-state index contributed by atoms with van der Waals surface area (Å²) in [7, 11) is 0. The first-order valence-electron chi connectivity index (χ1n) is 28.6. The van der Waals surface area contributed by atoms with Crippen LogP contribution in [0, 0.1) is 57.2 Å². The van der Waals surface area contributed by atoms with Crippen molar-refractivity contribution in [3.63, 3.8) is 0 Å². The SMILES string of the molecule is CC(=O)OCC1(C)C(C)CC[C@@]2(C)C1C[C@H](OC(=O)c1ccc(C(N)=O)cc1)[C@@]1(C)Oc3cc(-c4cccnc4)oc(=O)c3[C@H](O)C21.CC(=O)OCC1(C)C2C[C@H](O)[C@@]3(C)Oc4cc(-c5cccnc5)oc(=O)c4[C@H](O)C3[C@@]2(C)CC[C@@H]1C. The molecule has 0 bridgehead atoms. The number of carbonyl (C=O) groups is 4. The number of ether oxygens (including phenoxy) is 5. The molecule has 5 aromatic rings. The lowest BCUT2D eigenvalue weighted by molar-refractivity contribution is -0.257. The summed E-state index contributed by atoms with van der Waals surface area (Å²) in [6, 6.07) is 16.0. The molecule has 2 aliphatic heterocycles. The first-order chi connectivity index (χ1) is 39.1. The number of pyridine rings is 2. The molecule has 6 aliphatic rings. The number of aliphatic hydroxyl groups is 3. The molecule has 1 amide bonds. The predicted molar refractivity (Wildman–Crippen MR) is 300 cm³/mol. The normalized spacial score (nSPS) is 35.4. The summed E-state index contributed by atoms with van der Waals surface area (Å²) in [6.45, 7) is 19.5. The summed E-state index contributed by atoms with van der Waals surface area (Å²) in [6.07, 6.45) is 5.97. The molecule has 7 unspecified atom stereocenters. The number of amides is 1. The number of fused-ring (bicyclic) bond motifs is 8. The monoisotopic (exact) mass is 1140 g/mol. The lowest BCUT2D eigenvalue weighted by Gasteiger charge is -2.66. The van der Waals surface area contributed by atoms with Gasteiger partial charge in [0.05, 0.1) is 37.1 Å². The van der Waals surface area contributed by atoms with Crippen LogP contribution in [0.5, 0.6) is 11.5 Å². The predicted octanol–water partition coefficient (Wildman–Crippen LogP) is 8.74. The number of carbonyl (C=O) groups excluding carboxylic acids is 4. The molecule has 0 spiro atoms. The molecule has 16 atom stereocenters. The van der Waals surface area contributed by atoms with Crippen LogP contribution in [0.25, 0.3) is 22.6 Å². The quantitative estimate of drug-likeness (QED) is 0.0792. The molecule has 4 saturated carbocycles. The Kier molecular flexibility index (Phi) is 15.2. The standard InChI is InChI=1S/C36H40N2O9.C28H35NO7/c1-19-12-13-34(3)26(35(19,4)18-44-20(2)39)16-27(46-32(42)22-10-8-21(9-11-22)31(37)41)36(5)30(34)29(40)28-25(47-36)15-24(45-33(28)43)23-7-6-14-38-17-23;1-15-8-9-26(3)20(27(15,4)14-34-16(2)30)12-21(31)28(5)24(26)23(32)22-19(36-28)11-18(35-25(22)33)17-7-6-10-29-13-17/h6-11,14-15,17,19,26-27,29-30,40H,12-13,16,18H2,1-5H3,(H2,37,41);6-7,10-11,13,15,20-21,23-24,31-32H,8-9,12,14H2,1-5H3/t19?,26?,27-,29-,30?,34-,35?,36+;15-,20?,21-,23-,24?,26-,27?,28+/m00/s1. The third kappa shape index (κ3) is 9.83. The summed E-state index contributed by atoms with van der Waals surface area (Å²) in [5, 5.41) is 35.6. The number of hydrogen-bond donors (Lipinski definition) is 4. The zero-order valence-corrected chi connectivity index (χ0v) is 48.6. The van der Waals surface area contributed by atoms with E-state index in [0.717, 1.165) is 19.3 Å². The second-order valence-corrected chi connectivity index (χ2v) is 25.6. The van der Waals surface area contributed by atoms with E-state index in [2.05, 4.69) is 51.5 Å². The topological polar surface area (TPSA) is 287 Å². The number of hydrogen-bond acceptors (Lipinski definition) is 18. The highest BCUT2D eigenvalue weighted by atomic mass is 16.6. The Hall–Kier alpha value is -7.22. The molecule has 5 N–H and O–H groups in total. The van der Waals surface area contributed by atoms with Crippen LogP contribution in [0.15, 0.2) is 104 Å². The van der Waals surface area contributed by atoms with E-state index in [1.54, 1.807) is 61.2 Å². The second kappa shape index (κ2) is 21.4. The van der Waals surface area contributed by atoms with Crippen LogP contribution in [-0.2, 0) is 23.8 Å². The number of aliphatic hydroxyl groups excluding tert-OH is 3. The number of rotatable bonds is 9. The van der Waals surface area contributed by atoms with Crippen molar-refractivity contribution in [1.82, 2.24) is 9.97 Å². The van der Waals surface area contributed by atoms with Crippen molar-refractivity contribution in [2.24, 2.45) is 62.9 Å². The lowest BCUT2D eigenvalue weighted by atomic mass is 9.41. The highest BCUT2D eigenvalue weighted by molar-refractivity contribution is 5.95. The maximum Gasteiger partial charge on any atom is 0.345 e. The van der Waals surface area contributed by atoms with Gasteiger partial charge in [0.1, 0.15) is 51.5 Å². The van der Waals surface area contributed by atoms with Crippen molar-refractivity contribution in [2.45, 2.75) is 143 Å². The van der Waals surface area contributed by atoms with Crippen LogP contribution in [0.3, 0.4) is 0 Å². The van der Waals surface area contributed by atoms with Gasteiger partial charge >= 0.3 is 29.2 Å². The average molecular weight is 1140 g/mol. The highest BCUT2D eigenvalue weighted by Gasteiger charge is 2.71. The Bertz CT molecular complexity index is 3450. The smallest absolute Gasteiger partial charge is 0.345 e. The largest absolute Gasteiger partial charge is 0.484 e. The van der Waals surface area contributed by atoms with E-state index in [1.165, 1.54) is 38.1 Å². The average Bonchev–Trinajstić information content (AvgIpc) is 0.854. The Morgan fingerprint density at radius 1 is 0.639 bits per heavy atom. The maximum absolute atomic E-state index is 13.7. The highest BCUT2D eigenvalue weighted by Crippen LogP contribution is 2.70. The fraction of sp³-hybridized carbons (Fsp3) is 0.531. The van der Waals surface area contributed by atoms with Crippen molar-refractivity contribution in [3.8, 4) is 34.1 Å². The zero-order chi connectivity index (χ0) is 59.9. The molecule has 442 valence electrons. The van der Waals surface area contributed by atoms with E-state index in [9.17, 15) is 44.1 Å². The number of aromatic nitrogens is 2. The number of nitrogens with zero attached hydrogens (tertiary/aromatic N) is 2. The zero-order valence-electron chi connectivity index (χ0n) is 48.6. The van der Waals surface area contributed by atoms with Gasteiger partial charge in [-0.25, -0.2) is 14.4 Å². The number of nitrogens with two attached hydrogens (primary N) is 1. The minimum Gasteiger partial charge on any atom is -0.484 e. The molecular formula is C64H75N3O16. The van der Waals surface area contributed by atoms with Gasteiger partial charge in [-0.1, -0.05) is 41.5 Å².